The SMILES string of the molecule is CCCN1CC[C@@H](COc2ccc3c(c2)C(=O)NC3)[C@H](c2ccc(F)cc2)CC1. The van der Waals surface area contributed by atoms with Crippen LogP contribution >= 0.6 is 0 Å². The van der Waals surface area contributed by atoms with Crippen molar-refractivity contribution in [3.63, 3.8) is 0 Å². The van der Waals surface area contributed by atoms with Gasteiger partial charge in [0.05, 0.1) is 6.61 Å². The number of carbonyl (C=O) groups excluding carboxylic acids is 1. The highest BCUT2D eigenvalue weighted by molar-refractivity contribution is 5.98. The molecule has 2 aliphatic heterocycles. The van der Waals surface area contributed by atoms with Gasteiger partial charge < -0.3 is 15.0 Å². The molecule has 0 spiro atoms. The zero-order valence-corrected chi connectivity index (χ0v) is 17.0. The lowest BCUT2D eigenvalue weighted by Crippen LogP contribution is -2.25. The normalized spacial score (nSPS) is 22.1. The smallest absolute Gasteiger partial charge is 0.252 e. The molecule has 0 unspecified atom stereocenters. The van der Waals surface area contributed by atoms with Gasteiger partial charge in [0, 0.05) is 18.0 Å². The molecule has 2 aromatic carbocycles. The number of carbonyl (C=O) groups is 1. The van der Waals surface area contributed by atoms with Gasteiger partial charge in [-0.2, -0.15) is 0 Å². The molecule has 0 aromatic heterocycles. The van der Waals surface area contributed by atoms with Crippen LogP contribution in [0.25, 0.3) is 0 Å². The van der Waals surface area contributed by atoms with Crippen LogP contribution in [-0.2, 0) is 6.54 Å². The maximum atomic E-state index is 13.4. The topological polar surface area (TPSA) is 41.6 Å². The Kier molecular flexibility index (Phi) is 6.14. The summed E-state index contributed by atoms with van der Waals surface area (Å²) in [4.78, 5) is 14.5. The zero-order chi connectivity index (χ0) is 20.2. The lowest BCUT2D eigenvalue weighted by atomic mass is 9.83. The van der Waals surface area contributed by atoms with E-state index in [2.05, 4.69) is 17.1 Å². The molecule has 2 atom stereocenters. The number of fused-ring (bicyclic) bond motifs is 1. The fraction of sp³-hybridized carbons (Fsp3) is 0.458. The molecular weight excluding hydrogens is 367 g/mol. The molecule has 4 nitrogen and oxygen atoms in total. The summed E-state index contributed by atoms with van der Waals surface area (Å²) in [6.07, 6.45) is 3.25. The van der Waals surface area contributed by atoms with Crippen LogP contribution < -0.4 is 10.1 Å². The Morgan fingerprint density at radius 3 is 2.72 bits per heavy atom. The lowest BCUT2D eigenvalue weighted by molar-refractivity contribution is 0.0965. The summed E-state index contributed by atoms with van der Waals surface area (Å²) in [6, 6.07) is 12.7. The first-order valence-corrected chi connectivity index (χ1v) is 10.7. The van der Waals surface area contributed by atoms with E-state index in [1.807, 2.05) is 30.3 Å². The third-order valence-electron chi connectivity index (χ3n) is 6.21. The first kappa shape index (κ1) is 19.9. The summed E-state index contributed by atoms with van der Waals surface area (Å²) in [5.74, 6) is 1.21. The van der Waals surface area contributed by atoms with Gasteiger partial charge in [0.1, 0.15) is 11.6 Å². The van der Waals surface area contributed by atoms with Crippen molar-refractivity contribution in [3.8, 4) is 5.75 Å². The fourth-order valence-corrected chi connectivity index (χ4v) is 4.59. The Labute approximate surface area is 172 Å². The number of benzene rings is 2. The van der Waals surface area contributed by atoms with Gasteiger partial charge >= 0.3 is 0 Å². The number of halogens is 1. The first-order chi connectivity index (χ1) is 14.1. The molecule has 0 saturated carbocycles. The van der Waals surface area contributed by atoms with Crippen LogP contribution in [0.15, 0.2) is 42.5 Å². The molecule has 2 aliphatic rings. The molecule has 1 amide bonds. The number of nitrogens with zero attached hydrogens (tertiary/aromatic N) is 1. The van der Waals surface area contributed by atoms with Gasteiger partial charge in [0.25, 0.3) is 5.91 Å². The summed E-state index contributed by atoms with van der Waals surface area (Å²) in [5.41, 5.74) is 2.93. The molecule has 2 aromatic rings. The summed E-state index contributed by atoms with van der Waals surface area (Å²) in [6.45, 7) is 6.65. The molecule has 154 valence electrons. The maximum absolute atomic E-state index is 13.4. The van der Waals surface area contributed by atoms with Gasteiger partial charge in [0.2, 0.25) is 0 Å². The standard InChI is InChI=1S/C24H29FN2O2/c1-2-11-27-12-9-19(22(10-13-27)17-3-6-20(25)7-4-17)16-29-21-8-5-18-15-26-24(28)23(18)14-21/h3-8,14,19,22H,2,9-13,15-16H2,1H3,(H,26,28)/t19-,22-/m0/s1. The molecular formula is C24H29FN2O2. The molecule has 2 heterocycles. The Hall–Kier alpha value is -2.40. The zero-order valence-electron chi connectivity index (χ0n) is 17.0. The number of hydrogen-bond acceptors (Lipinski definition) is 3. The van der Waals surface area contributed by atoms with Gasteiger partial charge in [-0.05, 0) is 80.2 Å². The fourth-order valence-electron chi connectivity index (χ4n) is 4.59. The average molecular weight is 397 g/mol. The highest BCUT2D eigenvalue weighted by Gasteiger charge is 2.28. The van der Waals surface area contributed by atoms with Crippen LogP contribution in [0.3, 0.4) is 0 Å². The van der Waals surface area contributed by atoms with Crippen molar-refractivity contribution in [1.29, 1.82) is 0 Å². The molecule has 1 saturated heterocycles. The van der Waals surface area contributed by atoms with Crippen molar-refractivity contribution in [2.24, 2.45) is 5.92 Å². The molecule has 0 bridgehead atoms. The van der Waals surface area contributed by atoms with Gasteiger partial charge in [0.15, 0.2) is 0 Å². The number of amides is 1. The Morgan fingerprint density at radius 1 is 1.14 bits per heavy atom. The van der Waals surface area contributed by atoms with Gasteiger partial charge in [-0.1, -0.05) is 25.1 Å². The van der Waals surface area contributed by atoms with Crippen molar-refractivity contribution >= 4 is 5.91 Å². The second kappa shape index (κ2) is 8.95. The quantitative estimate of drug-likeness (QED) is 0.789. The van der Waals surface area contributed by atoms with Crippen molar-refractivity contribution in [1.82, 2.24) is 10.2 Å². The molecule has 1 fully saturated rings. The van der Waals surface area contributed by atoms with Crippen molar-refractivity contribution < 1.29 is 13.9 Å². The number of rotatable bonds is 6. The highest BCUT2D eigenvalue weighted by atomic mass is 19.1. The van der Waals surface area contributed by atoms with Crippen LogP contribution in [-0.4, -0.2) is 37.0 Å². The largest absolute Gasteiger partial charge is 0.493 e. The molecule has 29 heavy (non-hydrogen) atoms. The minimum absolute atomic E-state index is 0.0284. The van der Waals surface area contributed by atoms with Gasteiger partial charge in [-0.15, -0.1) is 0 Å². The summed E-state index contributed by atoms with van der Waals surface area (Å²) >= 11 is 0. The minimum atomic E-state index is -0.195. The monoisotopic (exact) mass is 396 g/mol. The third-order valence-corrected chi connectivity index (χ3v) is 6.21. The maximum Gasteiger partial charge on any atom is 0.252 e. The van der Waals surface area contributed by atoms with E-state index in [-0.39, 0.29) is 11.7 Å². The van der Waals surface area contributed by atoms with Crippen molar-refractivity contribution in [3.05, 3.63) is 65.0 Å². The Bertz CT molecular complexity index is 852. The van der Waals surface area contributed by atoms with E-state index in [0.717, 1.165) is 50.2 Å². The second-order valence-corrected chi connectivity index (χ2v) is 8.15. The molecule has 0 radical (unpaired) electrons. The Balaban J connectivity index is 1.49. The number of likely N-dealkylation sites (tertiary alicyclic amines) is 1. The predicted octanol–water partition coefficient (Wildman–Crippen LogP) is 4.35. The number of hydrogen-bond donors (Lipinski definition) is 1. The molecule has 1 N–H and O–H groups in total. The molecule has 0 aliphatic carbocycles. The van der Waals surface area contributed by atoms with Crippen LogP contribution in [0.5, 0.6) is 5.75 Å². The first-order valence-electron chi connectivity index (χ1n) is 10.7. The van der Waals surface area contributed by atoms with Crippen LogP contribution in [0, 0.1) is 11.7 Å². The summed E-state index contributed by atoms with van der Waals surface area (Å²) in [7, 11) is 0. The van der Waals surface area contributed by atoms with E-state index in [1.54, 1.807) is 12.1 Å². The highest BCUT2D eigenvalue weighted by Crippen LogP contribution is 2.34. The van der Waals surface area contributed by atoms with Gasteiger partial charge in [-0.25, -0.2) is 4.39 Å². The Morgan fingerprint density at radius 2 is 1.93 bits per heavy atom. The van der Waals surface area contributed by atoms with E-state index < -0.39 is 0 Å². The van der Waals surface area contributed by atoms with E-state index in [4.69, 9.17) is 4.74 Å². The summed E-state index contributed by atoms with van der Waals surface area (Å²) in [5, 5.41) is 2.85. The average Bonchev–Trinajstić information content (AvgIpc) is 2.98. The number of nitrogens with one attached hydrogen (secondary N) is 1. The lowest BCUT2D eigenvalue weighted by Gasteiger charge is -2.25. The van der Waals surface area contributed by atoms with Crippen molar-refractivity contribution in [2.75, 3.05) is 26.2 Å². The van der Waals surface area contributed by atoms with Crippen molar-refractivity contribution in [2.45, 2.75) is 38.6 Å². The van der Waals surface area contributed by atoms with Crippen LogP contribution in [0.4, 0.5) is 4.39 Å². The van der Waals surface area contributed by atoms with E-state index in [9.17, 15) is 9.18 Å². The molecule has 5 heteroatoms. The molecule has 4 rings (SSSR count). The second-order valence-electron chi connectivity index (χ2n) is 8.15. The summed E-state index contributed by atoms with van der Waals surface area (Å²) < 4.78 is 19.6. The van der Waals surface area contributed by atoms with Crippen LogP contribution in [0.1, 0.15) is 53.6 Å². The number of ether oxygens (including phenoxy) is 1. The third kappa shape index (κ3) is 4.61. The van der Waals surface area contributed by atoms with Gasteiger partial charge in [-0.3, -0.25) is 4.79 Å². The van der Waals surface area contributed by atoms with Crippen LogP contribution in [0.2, 0.25) is 0 Å². The van der Waals surface area contributed by atoms with E-state index in [0.29, 0.717) is 30.6 Å². The van der Waals surface area contributed by atoms with E-state index in [1.165, 1.54) is 5.56 Å². The van der Waals surface area contributed by atoms with E-state index >= 15 is 0 Å². The predicted molar refractivity (Wildman–Crippen MR) is 112 cm³/mol. The minimum Gasteiger partial charge on any atom is -0.493 e.